The highest BCUT2D eigenvalue weighted by atomic mass is 35.5. The lowest BCUT2D eigenvalue weighted by atomic mass is 10.3. The summed E-state index contributed by atoms with van der Waals surface area (Å²) in [6.45, 7) is 0. The number of carbonyl (C=O) groups is 1. The molecule has 24 heavy (non-hydrogen) atoms. The number of rotatable bonds is 7. The van der Waals surface area contributed by atoms with Crippen molar-refractivity contribution in [2.24, 2.45) is 0 Å². The van der Waals surface area contributed by atoms with Gasteiger partial charge in [0.15, 0.2) is 0 Å². The zero-order valence-corrected chi connectivity index (χ0v) is 15.0. The molecule has 5 nitrogen and oxygen atoms in total. The van der Waals surface area contributed by atoms with Crippen LogP contribution in [0.15, 0.2) is 51.1 Å². The summed E-state index contributed by atoms with van der Waals surface area (Å²) in [5, 5.41) is 13.0. The quantitative estimate of drug-likeness (QED) is 0.464. The van der Waals surface area contributed by atoms with Gasteiger partial charge in [0.25, 0.3) is 5.89 Å². The maximum absolute atomic E-state index is 11.9. The monoisotopic (exact) mass is 379 g/mol. The largest absolute Gasteiger partial charge is 0.402 e. The molecule has 1 amide bonds. The molecular formula is C16H14ClN3O2S2. The number of aromatic nitrogens is 2. The maximum atomic E-state index is 11.9. The molecule has 2 aromatic heterocycles. The lowest BCUT2D eigenvalue weighted by Crippen LogP contribution is -2.11. The Morgan fingerprint density at radius 3 is 2.83 bits per heavy atom. The molecule has 0 saturated heterocycles. The third-order valence-electron chi connectivity index (χ3n) is 3.03. The molecule has 3 rings (SSSR count). The standard InChI is InChI=1S/C16H14ClN3O2S2/c17-11-5-7-12(8-6-11)23-9-2-4-14(21)18-16-20-19-15(22-16)13-3-1-10-24-13/h1,3,5-8,10H,2,4,9H2,(H,18,20,21). The molecule has 124 valence electrons. The van der Waals surface area contributed by atoms with Crippen LogP contribution in [0.1, 0.15) is 12.8 Å². The van der Waals surface area contributed by atoms with E-state index in [0.717, 1.165) is 27.0 Å². The van der Waals surface area contributed by atoms with Crippen molar-refractivity contribution in [3.63, 3.8) is 0 Å². The molecule has 0 atom stereocenters. The van der Waals surface area contributed by atoms with Crippen LogP contribution in [-0.4, -0.2) is 21.9 Å². The van der Waals surface area contributed by atoms with Gasteiger partial charge in [0.1, 0.15) is 0 Å². The molecule has 0 bridgehead atoms. The van der Waals surface area contributed by atoms with E-state index in [1.165, 1.54) is 11.3 Å². The van der Waals surface area contributed by atoms with Crippen molar-refractivity contribution in [2.45, 2.75) is 17.7 Å². The van der Waals surface area contributed by atoms with Crippen molar-refractivity contribution < 1.29 is 9.21 Å². The van der Waals surface area contributed by atoms with Crippen LogP contribution in [0.4, 0.5) is 6.01 Å². The van der Waals surface area contributed by atoms with E-state index >= 15 is 0 Å². The number of benzene rings is 1. The molecular weight excluding hydrogens is 366 g/mol. The van der Waals surface area contributed by atoms with E-state index in [1.54, 1.807) is 11.8 Å². The third-order valence-corrected chi connectivity index (χ3v) is 5.24. The Labute approximate surface area is 152 Å². The van der Waals surface area contributed by atoms with Crippen molar-refractivity contribution in [3.8, 4) is 10.8 Å². The van der Waals surface area contributed by atoms with Gasteiger partial charge >= 0.3 is 6.01 Å². The normalized spacial score (nSPS) is 10.7. The predicted octanol–water partition coefficient (Wildman–Crippen LogP) is 4.96. The van der Waals surface area contributed by atoms with Crippen LogP contribution in [-0.2, 0) is 4.79 Å². The van der Waals surface area contributed by atoms with Gasteiger partial charge in [-0.05, 0) is 47.9 Å². The Balaban J connectivity index is 1.40. The first-order valence-electron chi connectivity index (χ1n) is 7.26. The smallest absolute Gasteiger partial charge is 0.322 e. The van der Waals surface area contributed by atoms with Gasteiger partial charge in [-0.25, -0.2) is 0 Å². The zero-order valence-electron chi connectivity index (χ0n) is 12.6. The molecule has 0 aliphatic carbocycles. The summed E-state index contributed by atoms with van der Waals surface area (Å²) >= 11 is 9.04. The Kier molecular flexibility index (Phi) is 5.90. The number of nitrogens with one attached hydrogen (secondary N) is 1. The molecule has 0 spiro atoms. The average molecular weight is 380 g/mol. The highest BCUT2D eigenvalue weighted by molar-refractivity contribution is 7.99. The van der Waals surface area contributed by atoms with E-state index in [-0.39, 0.29) is 11.9 Å². The van der Waals surface area contributed by atoms with Crippen LogP contribution in [0.2, 0.25) is 5.02 Å². The molecule has 0 radical (unpaired) electrons. The first-order chi connectivity index (χ1) is 11.7. The van der Waals surface area contributed by atoms with Crippen molar-refractivity contribution in [2.75, 3.05) is 11.1 Å². The Morgan fingerprint density at radius 2 is 2.08 bits per heavy atom. The van der Waals surface area contributed by atoms with Crippen LogP contribution >= 0.6 is 34.7 Å². The summed E-state index contributed by atoms with van der Waals surface area (Å²) in [5.74, 6) is 1.13. The fourth-order valence-corrected chi connectivity index (χ4v) is 3.53. The van der Waals surface area contributed by atoms with E-state index < -0.39 is 0 Å². The average Bonchev–Trinajstić information content (AvgIpc) is 3.24. The number of thioether (sulfide) groups is 1. The Hall–Kier alpha value is -1.83. The summed E-state index contributed by atoms with van der Waals surface area (Å²) in [6.07, 6.45) is 1.16. The van der Waals surface area contributed by atoms with Gasteiger partial charge in [0.2, 0.25) is 5.91 Å². The number of hydrogen-bond donors (Lipinski definition) is 1. The highest BCUT2D eigenvalue weighted by Crippen LogP contribution is 2.24. The van der Waals surface area contributed by atoms with Gasteiger partial charge in [-0.2, -0.15) is 0 Å². The van der Waals surface area contributed by atoms with Gasteiger partial charge < -0.3 is 4.42 Å². The lowest BCUT2D eigenvalue weighted by Gasteiger charge is -2.02. The van der Waals surface area contributed by atoms with Gasteiger partial charge in [0, 0.05) is 16.3 Å². The third kappa shape index (κ3) is 4.83. The van der Waals surface area contributed by atoms with Gasteiger partial charge in [0.05, 0.1) is 4.88 Å². The summed E-state index contributed by atoms with van der Waals surface area (Å²) in [6, 6.07) is 11.6. The Bertz CT molecular complexity index is 788. The molecule has 0 aliphatic heterocycles. The van der Waals surface area contributed by atoms with E-state index in [9.17, 15) is 4.79 Å². The lowest BCUT2D eigenvalue weighted by molar-refractivity contribution is -0.116. The molecule has 3 aromatic rings. The summed E-state index contributed by atoms with van der Waals surface area (Å²) < 4.78 is 5.42. The molecule has 0 saturated carbocycles. The molecule has 1 N–H and O–H groups in total. The second-order valence-electron chi connectivity index (χ2n) is 4.84. The van der Waals surface area contributed by atoms with E-state index in [2.05, 4.69) is 15.5 Å². The van der Waals surface area contributed by atoms with E-state index in [0.29, 0.717) is 12.3 Å². The van der Waals surface area contributed by atoms with E-state index in [4.69, 9.17) is 16.0 Å². The number of thiophene rings is 1. The predicted molar refractivity (Wildman–Crippen MR) is 97.7 cm³/mol. The van der Waals surface area contributed by atoms with Crippen LogP contribution in [0, 0.1) is 0 Å². The minimum absolute atomic E-state index is 0.131. The molecule has 0 fully saturated rings. The van der Waals surface area contributed by atoms with E-state index in [1.807, 2.05) is 41.8 Å². The second kappa shape index (κ2) is 8.32. The molecule has 8 heteroatoms. The molecule has 0 aliphatic rings. The van der Waals surface area contributed by atoms with Crippen LogP contribution in [0.5, 0.6) is 0 Å². The number of nitrogens with zero attached hydrogens (tertiary/aromatic N) is 2. The topological polar surface area (TPSA) is 68.0 Å². The fourth-order valence-electron chi connectivity index (χ4n) is 1.91. The SMILES string of the molecule is O=C(CCCSc1ccc(Cl)cc1)Nc1nnc(-c2cccs2)o1. The number of carbonyl (C=O) groups excluding carboxylic acids is 1. The molecule has 1 aromatic carbocycles. The minimum atomic E-state index is -0.131. The van der Waals surface area contributed by atoms with Crippen LogP contribution < -0.4 is 5.32 Å². The van der Waals surface area contributed by atoms with Gasteiger partial charge in [-0.3, -0.25) is 10.1 Å². The Morgan fingerprint density at radius 1 is 1.25 bits per heavy atom. The summed E-state index contributed by atoms with van der Waals surface area (Å²) in [5.41, 5.74) is 0. The summed E-state index contributed by atoms with van der Waals surface area (Å²) in [4.78, 5) is 13.9. The number of amides is 1. The van der Waals surface area contributed by atoms with Crippen molar-refractivity contribution in [3.05, 3.63) is 46.8 Å². The molecule has 2 heterocycles. The van der Waals surface area contributed by atoms with Crippen molar-refractivity contribution >= 4 is 46.6 Å². The zero-order chi connectivity index (χ0) is 16.8. The number of anilines is 1. The maximum Gasteiger partial charge on any atom is 0.322 e. The summed E-state index contributed by atoms with van der Waals surface area (Å²) in [7, 11) is 0. The first-order valence-corrected chi connectivity index (χ1v) is 9.50. The second-order valence-corrected chi connectivity index (χ2v) is 7.40. The van der Waals surface area contributed by atoms with Crippen molar-refractivity contribution in [1.82, 2.24) is 10.2 Å². The van der Waals surface area contributed by atoms with Crippen LogP contribution in [0.25, 0.3) is 10.8 Å². The molecule has 0 unspecified atom stereocenters. The van der Waals surface area contributed by atoms with Crippen molar-refractivity contribution in [1.29, 1.82) is 0 Å². The van der Waals surface area contributed by atoms with Gasteiger partial charge in [-0.15, -0.1) is 28.2 Å². The van der Waals surface area contributed by atoms with Gasteiger partial charge in [-0.1, -0.05) is 22.8 Å². The van der Waals surface area contributed by atoms with Crippen LogP contribution in [0.3, 0.4) is 0 Å². The number of hydrogen-bond acceptors (Lipinski definition) is 6. The fraction of sp³-hybridized carbons (Fsp3) is 0.188. The minimum Gasteiger partial charge on any atom is -0.402 e. The number of halogens is 1. The highest BCUT2D eigenvalue weighted by Gasteiger charge is 2.11. The first kappa shape index (κ1) is 17.0.